The molecule has 2 amide bonds. The Labute approximate surface area is 122 Å². The summed E-state index contributed by atoms with van der Waals surface area (Å²) in [6.07, 6.45) is 5.58. The molecule has 1 aliphatic heterocycles. The van der Waals surface area contributed by atoms with Crippen molar-refractivity contribution in [3.8, 4) is 0 Å². The number of aliphatic hydroxyl groups is 1. The van der Waals surface area contributed by atoms with Crippen LogP contribution in [0.5, 0.6) is 0 Å². The average Bonchev–Trinajstić information content (AvgIpc) is 2.81. The fraction of sp³-hybridized carbons (Fsp3) is 0.846. The number of hydrogen-bond acceptors (Lipinski definition) is 4. The second-order valence-corrected chi connectivity index (χ2v) is 6.70. The summed E-state index contributed by atoms with van der Waals surface area (Å²) in [7, 11) is 0. The highest BCUT2D eigenvalue weighted by atomic mass is 32.2. The third-order valence-electron chi connectivity index (χ3n) is 4.11. The molecule has 6 nitrogen and oxygen atoms in total. The van der Waals surface area contributed by atoms with Crippen molar-refractivity contribution in [2.75, 3.05) is 12.8 Å². The quantitative estimate of drug-likeness (QED) is 0.720. The Morgan fingerprint density at radius 2 is 2.05 bits per heavy atom. The van der Waals surface area contributed by atoms with Gasteiger partial charge in [-0.25, -0.2) is 9.59 Å². The Hall–Kier alpha value is -0.950. The number of likely N-dealkylation sites (tertiary alicyclic amines) is 1. The van der Waals surface area contributed by atoms with Gasteiger partial charge in [0.15, 0.2) is 0 Å². The van der Waals surface area contributed by atoms with Gasteiger partial charge in [-0.2, -0.15) is 11.8 Å². The SMILES string of the molecule is CSC1CCCC(NC(=O)N2CC(O)C[C@H]2C(=O)O)C1. The summed E-state index contributed by atoms with van der Waals surface area (Å²) in [6.45, 7) is 0.0987. The van der Waals surface area contributed by atoms with Gasteiger partial charge in [-0.1, -0.05) is 6.42 Å². The van der Waals surface area contributed by atoms with Crippen molar-refractivity contribution in [1.29, 1.82) is 0 Å². The van der Waals surface area contributed by atoms with Crippen LogP contribution in [0.4, 0.5) is 4.79 Å². The van der Waals surface area contributed by atoms with Crippen molar-refractivity contribution in [2.24, 2.45) is 0 Å². The van der Waals surface area contributed by atoms with Crippen LogP contribution in [0.1, 0.15) is 32.1 Å². The lowest BCUT2D eigenvalue weighted by Crippen LogP contribution is -2.50. The number of hydrogen-bond donors (Lipinski definition) is 3. The van der Waals surface area contributed by atoms with Gasteiger partial charge in [0.05, 0.1) is 6.10 Å². The number of nitrogens with one attached hydrogen (secondary N) is 1. The summed E-state index contributed by atoms with van der Waals surface area (Å²) in [6, 6.07) is -1.16. The molecule has 3 N–H and O–H groups in total. The molecule has 7 heteroatoms. The number of carboxylic acids is 1. The summed E-state index contributed by atoms with van der Waals surface area (Å²) in [5.74, 6) is -1.05. The molecule has 2 rings (SSSR count). The molecule has 0 bridgehead atoms. The number of urea groups is 1. The van der Waals surface area contributed by atoms with E-state index in [1.165, 1.54) is 11.3 Å². The molecule has 1 heterocycles. The molecule has 0 aromatic heterocycles. The Morgan fingerprint density at radius 1 is 1.30 bits per heavy atom. The lowest BCUT2D eigenvalue weighted by molar-refractivity contribution is -0.141. The van der Waals surface area contributed by atoms with Gasteiger partial charge in [0.1, 0.15) is 6.04 Å². The van der Waals surface area contributed by atoms with Crippen molar-refractivity contribution in [2.45, 2.75) is 55.5 Å². The highest BCUT2D eigenvalue weighted by molar-refractivity contribution is 7.99. The van der Waals surface area contributed by atoms with E-state index in [1.54, 1.807) is 0 Å². The van der Waals surface area contributed by atoms with Crippen LogP contribution in [0.15, 0.2) is 0 Å². The topological polar surface area (TPSA) is 89.9 Å². The van der Waals surface area contributed by atoms with E-state index in [0.717, 1.165) is 19.3 Å². The molecule has 114 valence electrons. The van der Waals surface area contributed by atoms with Crippen LogP contribution in [-0.4, -0.2) is 63.4 Å². The summed E-state index contributed by atoms with van der Waals surface area (Å²) < 4.78 is 0. The predicted octanol–water partition coefficient (Wildman–Crippen LogP) is 0.890. The number of aliphatic carboxylic acids is 1. The van der Waals surface area contributed by atoms with E-state index < -0.39 is 18.1 Å². The molecule has 2 aliphatic rings. The number of β-amino-alcohol motifs (C(OH)–C–C–N with tert-alkyl or cyclic N) is 1. The molecule has 20 heavy (non-hydrogen) atoms. The van der Waals surface area contributed by atoms with Crippen LogP contribution in [0, 0.1) is 0 Å². The number of nitrogens with zero attached hydrogens (tertiary/aromatic N) is 1. The molecule has 1 aliphatic carbocycles. The van der Waals surface area contributed by atoms with Crippen molar-refractivity contribution >= 4 is 23.8 Å². The first kappa shape index (κ1) is 15.4. The molecular formula is C13H22N2O4S. The van der Waals surface area contributed by atoms with Crippen molar-refractivity contribution in [3.05, 3.63) is 0 Å². The second kappa shape index (κ2) is 6.67. The second-order valence-electron chi connectivity index (χ2n) is 5.57. The zero-order valence-electron chi connectivity index (χ0n) is 11.6. The average molecular weight is 302 g/mol. The van der Waals surface area contributed by atoms with Gasteiger partial charge in [0.2, 0.25) is 0 Å². The predicted molar refractivity (Wildman–Crippen MR) is 76.8 cm³/mol. The van der Waals surface area contributed by atoms with Gasteiger partial charge in [0, 0.05) is 24.3 Å². The third kappa shape index (κ3) is 3.58. The first-order valence-electron chi connectivity index (χ1n) is 7.02. The molecule has 1 saturated carbocycles. The van der Waals surface area contributed by atoms with Gasteiger partial charge < -0.3 is 20.4 Å². The number of aliphatic hydroxyl groups excluding tert-OH is 1. The molecule has 3 unspecified atom stereocenters. The number of amides is 2. The van der Waals surface area contributed by atoms with E-state index in [0.29, 0.717) is 5.25 Å². The smallest absolute Gasteiger partial charge is 0.326 e. The first-order chi connectivity index (χ1) is 9.51. The zero-order chi connectivity index (χ0) is 14.7. The van der Waals surface area contributed by atoms with E-state index in [4.69, 9.17) is 5.11 Å². The maximum atomic E-state index is 12.2. The maximum Gasteiger partial charge on any atom is 0.326 e. The highest BCUT2D eigenvalue weighted by Crippen LogP contribution is 2.27. The Balaban J connectivity index is 1.92. The fourth-order valence-corrected chi connectivity index (χ4v) is 3.85. The third-order valence-corrected chi connectivity index (χ3v) is 5.21. The standard InChI is InChI=1S/C13H22N2O4S/c1-20-10-4-2-3-8(5-10)14-13(19)15-7-9(16)6-11(15)12(17)18/h8-11,16H,2-7H2,1H3,(H,14,19)(H,17,18)/t8?,9?,10?,11-/m0/s1. The summed E-state index contributed by atoms with van der Waals surface area (Å²) in [4.78, 5) is 24.6. The molecule has 0 aromatic carbocycles. The highest BCUT2D eigenvalue weighted by Gasteiger charge is 2.39. The van der Waals surface area contributed by atoms with Crippen LogP contribution in [0.3, 0.4) is 0 Å². The van der Waals surface area contributed by atoms with E-state index in [1.807, 2.05) is 11.8 Å². The molecule has 1 saturated heterocycles. The summed E-state index contributed by atoms with van der Waals surface area (Å²) in [5, 5.41) is 22.2. The molecular weight excluding hydrogens is 280 g/mol. The Morgan fingerprint density at radius 3 is 2.70 bits per heavy atom. The van der Waals surface area contributed by atoms with Gasteiger partial charge >= 0.3 is 12.0 Å². The van der Waals surface area contributed by atoms with Gasteiger partial charge in [-0.3, -0.25) is 0 Å². The fourth-order valence-electron chi connectivity index (χ4n) is 3.02. The van der Waals surface area contributed by atoms with Crippen molar-refractivity contribution < 1.29 is 19.8 Å². The molecule has 0 radical (unpaired) electrons. The van der Waals surface area contributed by atoms with E-state index in [-0.39, 0.29) is 25.0 Å². The van der Waals surface area contributed by atoms with Crippen LogP contribution < -0.4 is 5.32 Å². The lowest BCUT2D eigenvalue weighted by atomic mass is 9.95. The van der Waals surface area contributed by atoms with Gasteiger partial charge in [-0.15, -0.1) is 0 Å². The van der Waals surface area contributed by atoms with Crippen molar-refractivity contribution in [1.82, 2.24) is 10.2 Å². The van der Waals surface area contributed by atoms with Crippen LogP contribution in [0.2, 0.25) is 0 Å². The minimum atomic E-state index is -1.05. The Kier molecular flexibility index (Phi) is 5.15. The van der Waals surface area contributed by atoms with E-state index >= 15 is 0 Å². The number of carboxylic acid groups (broad SMARTS) is 1. The number of carbonyl (C=O) groups is 2. The minimum Gasteiger partial charge on any atom is -0.480 e. The largest absolute Gasteiger partial charge is 0.480 e. The monoisotopic (exact) mass is 302 g/mol. The number of rotatable bonds is 3. The van der Waals surface area contributed by atoms with E-state index in [9.17, 15) is 14.7 Å². The minimum absolute atomic E-state index is 0.0987. The Bertz CT molecular complexity index is 379. The number of carbonyl (C=O) groups excluding carboxylic acids is 1. The molecule has 0 spiro atoms. The molecule has 4 atom stereocenters. The summed E-state index contributed by atoms with van der Waals surface area (Å²) in [5.41, 5.74) is 0. The van der Waals surface area contributed by atoms with Crippen LogP contribution in [-0.2, 0) is 4.79 Å². The summed E-state index contributed by atoms with van der Waals surface area (Å²) >= 11 is 1.82. The molecule has 2 fully saturated rings. The normalized spacial score (nSPS) is 34.0. The van der Waals surface area contributed by atoms with Crippen LogP contribution >= 0.6 is 11.8 Å². The van der Waals surface area contributed by atoms with E-state index in [2.05, 4.69) is 11.6 Å². The van der Waals surface area contributed by atoms with Crippen LogP contribution in [0.25, 0.3) is 0 Å². The lowest BCUT2D eigenvalue weighted by Gasteiger charge is -2.31. The number of thioether (sulfide) groups is 1. The zero-order valence-corrected chi connectivity index (χ0v) is 12.4. The first-order valence-corrected chi connectivity index (χ1v) is 8.31. The molecule has 0 aromatic rings. The van der Waals surface area contributed by atoms with Gasteiger partial charge in [0.25, 0.3) is 0 Å². The van der Waals surface area contributed by atoms with Gasteiger partial charge in [-0.05, 0) is 25.5 Å². The maximum absolute atomic E-state index is 12.2. The van der Waals surface area contributed by atoms with Crippen molar-refractivity contribution in [3.63, 3.8) is 0 Å².